The summed E-state index contributed by atoms with van der Waals surface area (Å²) in [5.41, 5.74) is 2.30. The summed E-state index contributed by atoms with van der Waals surface area (Å²) in [5.74, 6) is -0.0895. The second-order valence-electron chi connectivity index (χ2n) is 5.05. The molecule has 3 N–H and O–H groups in total. The number of nitrogens with zero attached hydrogens (tertiary/aromatic N) is 1. The molecule has 3 rings (SSSR count). The highest BCUT2D eigenvalue weighted by Gasteiger charge is 2.17. The highest BCUT2D eigenvalue weighted by Crippen LogP contribution is 2.17. The van der Waals surface area contributed by atoms with E-state index in [1.165, 1.54) is 0 Å². The van der Waals surface area contributed by atoms with Gasteiger partial charge < -0.3 is 10.6 Å². The van der Waals surface area contributed by atoms with Crippen LogP contribution in [0, 0.1) is 0 Å². The van der Waals surface area contributed by atoms with Crippen molar-refractivity contribution in [1.29, 1.82) is 0 Å². The van der Waals surface area contributed by atoms with Gasteiger partial charge in [-0.15, -0.1) is 0 Å². The monoisotopic (exact) mass is 270 g/mol. The predicted octanol–water partition coefficient (Wildman–Crippen LogP) is 1.56. The summed E-state index contributed by atoms with van der Waals surface area (Å²) in [6, 6.07) is 11.8. The predicted molar refractivity (Wildman–Crippen MR) is 77.4 cm³/mol. The maximum Gasteiger partial charge on any atom is 0.269 e. The van der Waals surface area contributed by atoms with Gasteiger partial charge in [0, 0.05) is 18.2 Å². The molecular formula is C15H18N4O. The lowest BCUT2D eigenvalue weighted by molar-refractivity contribution is 0.0925. The molecule has 5 nitrogen and oxygen atoms in total. The first kappa shape index (κ1) is 12.9. The fraction of sp³-hybridized carbons (Fsp3) is 0.333. The maximum absolute atomic E-state index is 12.1. The normalized spacial score (nSPS) is 18.7. The van der Waals surface area contributed by atoms with Gasteiger partial charge in [0.2, 0.25) is 0 Å². The number of amides is 1. The third-order valence-electron chi connectivity index (χ3n) is 3.52. The van der Waals surface area contributed by atoms with Gasteiger partial charge in [-0.3, -0.25) is 9.89 Å². The number of aromatic nitrogens is 2. The van der Waals surface area contributed by atoms with E-state index in [1.54, 1.807) is 6.07 Å². The summed E-state index contributed by atoms with van der Waals surface area (Å²) in [6.07, 6.45) is 2.13. The second-order valence-corrected chi connectivity index (χ2v) is 5.05. The Balaban J connectivity index is 1.68. The summed E-state index contributed by atoms with van der Waals surface area (Å²) in [6.45, 7) is 1.88. The molecule has 2 heterocycles. The molecule has 1 aliphatic rings. The van der Waals surface area contributed by atoms with Crippen LogP contribution in [0.3, 0.4) is 0 Å². The zero-order valence-corrected chi connectivity index (χ0v) is 11.2. The lowest BCUT2D eigenvalue weighted by Gasteiger charge is -2.23. The number of aromatic amines is 1. The molecule has 20 heavy (non-hydrogen) atoms. The molecule has 0 radical (unpaired) electrons. The van der Waals surface area contributed by atoms with Crippen LogP contribution in [-0.4, -0.2) is 35.2 Å². The fourth-order valence-corrected chi connectivity index (χ4v) is 2.43. The van der Waals surface area contributed by atoms with Crippen molar-refractivity contribution in [3.8, 4) is 11.3 Å². The van der Waals surface area contributed by atoms with E-state index in [1.807, 2.05) is 30.3 Å². The van der Waals surface area contributed by atoms with E-state index in [4.69, 9.17) is 0 Å². The molecule has 1 atom stereocenters. The Morgan fingerprint density at radius 1 is 1.30 bits per heavy atom. The molecule has 0 saturated carbocycles. The summed E-state index contributed by atoms with van der Waals surface area (Å²) >= 11 is 0. The Kier molecular flexibility index (Phi) is 3.78. The van der Waals surface area contributed by atoms with E-state index < -0.39 is 0 Å². The molecule has 1 aliphatic heterocycles. The number of hydrogen-bond donors (Lipinski definition) is 3. The van der Waals surface area contributed by atoms with Crippen LogP contribution in [0.2, 0.25) is 0 Å². The maximum atomic E-state index is 12.1. The fourth-order valence-electron chi connectivity index (χ4n) is 2.43. The smallest absolute Gasteiger partial charge is 0.269 e. The molecule has 104 valence electrons. The van der Waals surface area contributed by atoms with Gasteiger partial charge in [-0.1, -0.05) is 30.3 Å². The Morgan fingerprint density at radius 2 is 2.15 bits per heavy atom. The molecule has 5 heteroatoms. The lowest BCUT2D eigenvalue weighted by Crippen LogP contribution is -2.45. The second kappa shape index (κ2) is 5.88. The Labute approximate surface area is 117 Å². The van der Waals surface area contributed by atoms with Crippen molar-refractivity contribution >= 4 is 5.91 Å². The standard InChI is InChI=1S/C15H18N4O/c20-15(17-12-7-4-8-16-10-12)14-9-13(18-19-14)11-5-2-1-3-6-11/h1-3,5-6,9,12,16H,4,7-8,10H2,(H,17,20)(H,18,19)/t12-/m0/s1. The number of nitrogens with one attached hydrogen (secondary N) is 3. The molecular weight excluding hydrogens is 252 g/mol. The quantitative estimate of drug-likeness (QED) is 0.792. The Hall–Kier alpha value is -2.14. The lowest BCUT2D eigenvalue weighted by atomic mass is 10.1. The van der Waals surface area contributed by atoms with Gasteiger partial charge in [-0.05, 0) is 25.5 Å². The summed E-state index contributed by atoms with van der Waals surface area (Å²) in [5, 5.41) is 13.3. The number of carbonyl (C=O) groups excluding carboxylic acids is 1. The number of carbonyl (C=O) groups is 1. The Bertz CT molecular complexity index is 573. The highest BCUT2D eigenvalue weighted by molar-refractivity contribution is 5.93. The summed E-state index contributed by atoms with van der Waals surface area (Å²) < 4.78 is 0. The number of benzene rings is 1. The van der Waals surface area contributed by atoms with Crippen LogP contribution in [0.1, 0.15) is 23.3 Å². The SMILES string of the molecule is O=C(N[C@H]1CCCNC1)c1cc(-c2ccccc2)n[nH]1. The molecule has 1 aromatic heterocycles. The minimum Gasteiger partial charge on any atom is -0.347 e. The van der Waals surface area contributed by atoms with E-state index in [0.29, 0.717) is 5.69 Å². The largest absolute Gasteiger partial charge is 0.347 e. The number of piperidine rings is 1. The average Bonchev–Trinajstić information content (AvgIpc) is 2.99. The van der Waals surface area contributed by atoms with Gasteiger partial charge in [-0.2, -0.15) is 5.10 Å². The van der Waals surface area contributed by atoms with Crippen LogP contribution in [0.15, 0.2) is 36.4 Å². The van der Waals surface area contributed by atoms with Crippen LogP contribution in [0.25, 0.3) is 11.3 Å². The summed E-state index contributed by atoms with van der Waals surface area (Å²) in [4.78, 5) is 12.1. The topological polar surface area (TPSA) is 69.8 Å². The van der Waals surface area contributed by atoms with Crippen molar-refractivity contribution in [3.63, 3.8) is 0 Å². The average molecular weight is 270 g/mol. The Morgan fingerprint density at radius 3 is 2.90 bits per heavy atom. The van der Waals surface area contributed by atoms with Gasteiger partial charge in [0.1, 0.15) is 5.69 Å². The van der Waals surface area contributed by atoms with Gasteiger partial charge in [0.15, 0.2) is 0 Å². The number of hydrogen-bond acceptors (Lipinski definition) is 3. The highest BCUT2D eigenvalue weighted by atomic mass is 16.2. The zero-order valence-electron chi connectivity index (χ0n) is 11.2. The van der Waals surface area contributed by atoms with Crippen LogP contribution in [0.5, 0.6) is 0 Å². The number of rotatable bonds is 3. The first-order valence-electron chi connectivity index (χ1n) is 6.95. The van der Waals surface area contributed by atoms with Gasteiger partial charge in [-0.25, -0.2) is 0 Å². The van der Waals surface area contributed by atoms with Crippen LogP contribution >= 0.6 is 0 Å². The minimum absolute atomic E-state index is 0.0895. The van der Waals surface area contributed by atoms with Gasteiger partial charge in [0.25, 0.3) is 5.91 Å². The van der Waals surface area contributed by atoms with Crippen molar-refractivity contribution < 1.29 is 4.79 Å². The molecule has 1 amide bonds. The van der Waals surface area contributed by atoms with Crippen molar-refractivity contribution in [2.45, 2.75) is 18.9 Å². The van der Waals surface area contributed by atoms with Crippen molar-refractivity contribution in [2.24, 2.45) is 0 Å². The van der Waals surface area contributed by atoms with Crippen molar-refractivity contribution in [3.05, 3.63) is 42.1 Å². The van der Waals surface area contributed by atoms with E-state index in [9.17, 15) is 4.79 Å². The number of H-pyrrole nitrogens is 1. The van der Waals surface area contributed by atoms with Crippen LogP contribution in [0.4, 0.5) is 0 Å². The van der Waals surface area contributed by atoms with E-state index in [0.717, 1.165) is 37.2 Å². The third kappa shape index (κ3) is 2.88. The first-order chi connectivity index (χ1) is 9.83. The summed E-state index contributed by atoms with van der Waals surface area (Å²) in [7, 11) is 0. The van der Waals surface area contributed by atoms with Gasteiger partial charge >= 0.3 is 0 Å². The first-order valence-corrected chi connectivity index (χ1v) is 6.95. The zero-order chi connectivity index (χ0) is 13.8. The molecule has 1 saturated heterocycles. The molecule has 1 aromatic carbocycles. The van der Waals surface area contributed by atoms with Crippen LogP contribution < -0.4 is 10.6 Å². The minimum atomic E-state index is -0.0895. The molecule has 0 bridgehead atoms. The van der Waals surface area contributed by atoms with Crippen molar-refractivity contribution in [2.75, 3.05) is 13.1 Å². The van der Waals surface area contributed by atoms with Crippen LogP contribution in [-0.2, 0) is 0 Å². The van der Waals surface area contributed by atoms with E-state index >= 15 is 0 Å². The van der Waals surface area contributed by atoms with E-state index in [2.05, 4.69) is 20.8 Å². The molecule has 0 spiro atoms. The van der Waals surface area contributed by atoms with E-state index in [-0.39, 0.29) is 11.9 Å². The molecule has 0 unspecified atom stereocenters. The molecule has 2 aromatic rings. The molecule has 1 fully saturated rings. The van der Waals surface area contributed by atoms with Gasteiger partial charge in [0.05, 0.1) is 5.69 Å². The molecule has 0 aliphatic carbocycles. The third-order valence-corrected chi connectivity index (χ3v) is 3.52. The van der Waals surface area contributed by atoms with Crippen molar-refractivity contribution in [1.82, 2.24) is 20.8 Å².